The van der Waals surface area contributed by atoms with Crippen LogP contribution in [0.15, 0.2) is 77.8 Å². The van der Waals surface area contributed by atoms with E-state index in [1.807, 2.05) is 54.0 Å². The first-order valence-corrected chi connectivity index (χ1v) is 10.3. The van der Waals surface area contributed by atoms with Crippen LogP contribution in [0.3, 0.4) is 0 Å². The number of aromatic nitrogens is 2. The van der Waals surface area contributed by atoms with Crippen LogP contribution in [-0.4, -0.2) is 28.4 Å². The van der Waals surface area contributed by atoms with Gasteiger partial charge in [-0.15, -0.1) is 11.8 Å². The molecule has 28 heavy (non-hydrogen) atoms. The van der Waals surface area contributed by atoms with E-state index in [2.05, 4.69) is 30.5 Å². The van der Waals surface area contributed by atoms with Gasteiger partial charge in [-0.3, -0.25) is 0 Å². The van der Waals surface area contributed by atoms with E-state index in [-0.39, 0.29) is 5.97 Å². The number of pyridine rings is 1. The lowest BCUT2D eigenvalue weighted by Gasteiger charge is -2.06. The quantitative estimate of drug-likeness (QED) is 0.331. The molecule has 0 saturated carbocycles. The third-order valence-corrected chi connectivity index (χ3v) is 5.32. The van der Waals surface area contributed by atoms with Gasteiger partial charge in [-0.25, -0.2) is 9.31 Å². The molecule has 0 spiro atoms. The molecule has 0 bridgehead atoms. The average Bonchev–Trinajstić information content (AvgIpc) is 3.13. The van der Waals surface area contributed by atoms with E-state index in [9.17, 15) is 4.79 Å². The molecule has 2 aromatic carbocycles. The zero-order valence-electron chi connectivity index (χ0n) is 15.8. The van der Waals surface area contributed by atoms with Gasteiger partial charge in [-0.05, 0) is 43.0 Å². The molecule has 0 aliphatic carbocycles. The number of carbonyl (C=O) groups excluding carboxylic acids is 1. The van der Waals surface area contributed by atoms with Crippen molar-refractivity contribution in [3.8, 4) is 22.4 Å². The van der Waals surface area contributed by atoms with E-state index in [4.69, 9.17) is 9.84 Å². The summed E-state index contributed by atoms with van der Waals surface area (Å²) in [6, 6.07) is 22.1. The predicted octanol–water partition coefficient (Wildman–Crippen LogP) is 5.57. The van der Waals surface area contributed by atoms with Gasteiger partial charge in [0, 0.05) is 22.2 Å². The van der Waals surface area contributed by atoms with Gasteiger partial charge >= 0.3 is 5.97 Å². The molecule has 4 aromatic rings. The fourth-order valence-electron chi connectivity index (χ4n) is 3.23. The van der Waals surface area contributed by atoms with E-state index >= 15 is 0 Å². The van der Waals surface area contributed by atoms with Crippen molar-refractivity contribution in [2.45, 2.75) is 11.8 Å². The summed E-state index contributed by atoms with van der Waals surface area (Å²) in [4.78, 5) is 13.4. The fraction of sp³-hybridized carbons (Fsp3) is 0.130. The Hall–Kier alpha value is -3.05. The van der Waals surface area contributed by atoms with Crippen molar-refractivity contribution < 1.29 is 9.53 Å². The van der Waals surface area contributed by atoms with Crippen LogP contribution in [0.4, 0.5) is 0 Å². The number of thioether (sulfide) groups is 1. The molecule has 140 valence electrons. The number of esters is 1. The average molecular weight is 388 g/mol. The predicted molar refractivity (Wildman–Crippen MR) is 114 cm³/mol. The Balaban J connectivity index is 1.95. The van der Waals surface area contributed by atoms with Crippen LogP contribution in [0.5, 0.6) is 0 Å². The Morgan fingerprint density at radius 1 is 1.04 bits per heavy atom. The summed E-state index contributed by atoms with van der Waals surface area (Å²) in [5.41, 5.74) is 5.39. The maximum absolute atomic E-state index is 12.2. The third kappa shape index (κ3) is 3.41. The van der Waals surface area contributed by atoms with Crippen molar-refractivity contribution in [1.29, 1.82) is 0 Å². The second-order valence-corrected chi connectivity index (χ2v) is 7.16. The molecule has 2 aromatic heterocycles. The van der Waals surface area contributed by atoms with E-state index < -0.39 is 0 Å². The van der Waals surface area contributed by atoms with Gasteiger partial charge in [0.1, 0.15) is 5.69 Å². The smallest absolute Gasteiger partial charge is 0.338 e. The van der Waals surface area contributed by atoms with Crippen molar-refractivity contribution in [3.63, 3.8) is 0 Å². The zero-order valence-corrected chi connectivity index (χ0v) is 16.6. The summed E-state index contributed by atoms with van der Waals surface area (Å²) in [7, 11) is 0. The molecular formula is C23H20N2O2S. The summed E-state index contributed by atoms with van der Waals surface area (Å²) in [6.45, 7) is 2.16. The topological polar surface area (TPSA) is 43.6 Å². The molecule has 5 heteroatoms. The van der Waals surface area contributed by atoms with Crippen molar-refractivity contribution in [2.75, 3.05) is 12.9 Å². The maximum atomic E-state index is 12.2. The zero-order chi connectivity index (χ0) is 19.5. The number of rotatable bonds is 5. The molecule has 0 amide bonds. The standard InChI is InChI=1S/C23H20N2O2S/c1-3-27-23(26)18-13-14-25-20(15-18)21(16-9-11-19(28-2)12-10-16)22(24-25)17-7-5-4-6-8-17/h4-15H,3H2,1-2H3. The number of carbonyl (C=O) groups is 1. The van der Waals surface area contributed by atoms with Crippen LogP contribution < -0.4 is 0 Å². The van der Waals surface area contributed by atoms with E-state index in [1.165, 1.54) is 4.90 Å². The van der Waals surface area contributed by atoms with Gasteiger partial charge in [-0.1, -0.05) is 42.5 Å². The molecule has 0 fully saturated rings. The van der Waals surface area contributed by atoms with Crippen LogP contribution in [0, 0.1) is 0 Å². The summed E-state index contributed by atoms with van der Waals surface area (Å²) in [5.74, 6) is -0.323. The van der Waals surface area contributed by atoms with E-state index in [1.54, 1.807) is 17.8 Å². The largest absolute Gasteiger partial charge is 0.462 e. The van der Waals surface area contributed by atoms with Crippen LogP contribution in [0.1, 0.15) is 17.3 Å². The van der Waals surface area contributed by atoms with Crippen LogP contribution >= 0.6 is 11.8 Å². The fourth-order valence-corrected chi connectivity index (χ4v) is 3.64. The minimum atomic E-state index is -0.323. The van der Waals surface area contributed by atoms with Crippen LogP contribution in [0.25, 0.3) is 27.9 Å². The molecule has 0 aliphatic rings. The Bertz CT molecular complexity index is 1120. The van der Waals surface area contributed by atoms with Crippen molar-refractivity contribution >= 4 is 23.2 Å². The minimum Gasteiger partial charge on any atom is -0.462 e. The van der Waals surface area contributed by atoms with Gasteiger partial charge in [0.15, 0.2) is 0 Å². The summed E-state index contributed by atoms with van der Waals surface area (Å²) in [5, 5.41) is 4.81. The van der Waals surface area contributed by atoms with Crippen LogP contribution in [0.2, 0.25) is 0 Å². The first kappa shape index (κ1) is 18.3. The Labute approximate surface area is 168 Å². The Kier molecular flexibility index (Phi) is 5.17. The molecule has 0 N–H and O–H groups in total. The first-order valence-electron chi connectivity index (χ1n) is 9.10. The number of fused-ring (bicyclic) bond motifs is 1. The Morgan fingerprint density at radius 2 is 1.79 bits per heavy atom. The third-order valence-electron chi connectivity index (χ3n) is 4.57. The van der Waals surface area contributed by atoms with Crippen molar-refractivity contribution in [2.24, 2.45) is 0 Å². The minimum absolute atomic E-state index is 0.323. The Morgan fingerprint density at radius 3 is 2.46 bits per heavy atom. The molecule has 0 aliphatic heterocycles. The summed E-state index contributed by atoms with van der Waals surface area (Å²) >= 11 is 1.71. The number of hydrogen-bond acceptors (Lipinski definition) is 4. The lowest BCUT2D eigenvalue weighted by atomic mass is 9.99. The molecule has 0 radical (unpaired) electrons. The second-order valence-electron chi connectivity index (χ2n) is 6.28. The van der Waals surface area contributed by atoms with Crippen molar-refractivity contribution in [3.05, 3.63) is 78.5 Å². The van der Waals surface area contributed by atoms with Gasteiger partial charge in [0.2, 0.25) is 0 Å². The molecule has 0 unspecified atom stereocenters. The van der Waals surface area contributed by atoms with Gasteiger partial charge in [0.25, 0.3) is 0 Å². The SMILES string of the molecule is CCOC(=O)c1ccn2nc(-c3ccccc3)c(-c3ccc(SC)cc3)c2c1. The highest BCUT2D eigenvalue weighted by Crippen LogP contribution is 2.36. The van der Waals surface area contributed by atoms with E-state index in [0.717, 1.165) is 27.9 Å². The lowest BCUT2D eigenvalue weighted by molar-refractivity contribution is 0.0526. The van der Waals surface area contributed by atoms with Crippen LogP contribution in [-0.2, 0) is 4.74 Å². The normalized spacial score (nSPS) is 10.9. The molecular weight excluding hydrogens is 368 g/mol. The number of benzene rings is 2. The van der Waals surface area contributed by atoms with Crippen molar-refractivity contribution in [1.82, 2.24) is 9.61 Å². The number of hydrogen-bond donors (Lipinski definition) is 0. The van der Waals surface area contributed by atoms with E-state index in [0.29, 0.717) is 12.2 Å². The van der Waals surface area contributed by atoms with Gasteiger partial charge in [-0.2, -0.15) is 5.10 Å². The first-order chi connectivity index (χ1) is 13.7. The number of ether oxygens (including phenoxy) is 1. The lowest BCUT2D eigenvalue weighted by Crippen LogP contribution is -2.05. The highest BCUT2D eigenvalue weighted by Gasteiger charge is 2.18. The van der Waals surface area contributed by atoms with Gasteiger partial charge < -0.3 is 4.74 Å². The molecule has 0 atom stereocenters. The molecule has 4 rings (SSSR count). The van der Waals surface area contributed by atoms with Gasteiger partial charge in [0.05, 0.1) is 17.7 Å². The maximum Gasteiger partial charge on any atom is 0.338 e. The highest BCUT2D eigenvalue weighted by molar-refractivity contribution is 7.98. The number of nitrogens with zero attached hydrogens (tertiary/aromatic N) is 2. The molecule has 4 nitrogen and oxygen atoms in total. The molecule has 2 heterocycles. The summed E-state index contributed by atoms with van der Waals surface area (Å²) < 4.78 is 7.00. The summed E-state index contributed by atoms with van der Waals surface area (Å²) in [6.07, 6.45) is 3.87. The highest BCUT2D eigenvalue weighted by atomic mass is 32.2. The second kappa shape index (κ2) is 7.90. The monoisotopic (exact) mass is 388 g/mol. The molecule has 0 saturated heterocycles.